The van der Waals surface area contributed by atoms with Crippen molar-refractivity contribution in [2.75, 3.05) is 6.61 Å². The highest BCUT2D eigenvalue weighted by Gasteiger charge is 2.46. The van der Waals surface area contributed by atoms with Crippen LogP contribution < -0.4 is 0 Å². The molecular weight excluding hydrogens is 192 g/mol. The van der Waals surface area contributed by atoms with Crippen molar-refractivity contribution in [2.45, 2.75) is 20.8 Å². The Morgan fingerprint density at radius 3 is 2.80 bits per heavy atom. The van der Waals surface area contributed by atoms with Crippen LogP contribution in [0.25, 0.3) is 0 Å². The fourth-order valence-corrected chi connectivity index (χ4v) is 2.47. The molecule has 0 aromatic carbocycles. The molecule has 0 radical (unpaired) electrons. The van der Waals surface area contributed by atoms with E-state index in [-0.39, 0.29) is 17.7 Å². The van der Waals surface area contributed by atoms with Crippen LogP contribution in [-0.4, -0.2) is 18.4 Å². The topological polar surface area (TPSA) is 43.4 Å². The zero-order valence-electron chi connectivity index (χ0n) is 9.16. The Bertz CT molecular complexity index is 403. The summed E-state index contributed by atoms with van der Waals surface area (Å²) in [5, 5.41) is 0. The minimum Gasteiger partial charge on any atom is -0.464 e. The van der Waals surface area contributed by atoms with E-state index in [9.17, 15) is 9.59 Å². The van der Waals surface area contributed by atoms with E-state index in [0.29, 0.717) is 12.2 Å². The molecule has 0 saturated carbocycles. The van der Waals surface area contributed by atoms with Gasteiger partial charge < -0.3 is 4.74 Å². The van der Waals surface area contributed by atoms with Crippen LogP contribution in [0.1, 0.15) is 20.8 Å². The van der Waals surface area contributed by atoms with Crippen molar-refractivity contribution in [3.63, 3.8) is 0 Å². The predicted molar refractivity (Wildman–Crippen MR) is 55.1 cm³/mol. The van der Waals surface area contributed by atoms with Crippen LogP contribution >= 0.6 is 0 Å². The van der Waals surface area contributed by atoms with Gasteiger partial charge in [0, 0.05) is 5.92 Å². The molecule has 2 aliphatic rings. The molecule has 0 amide bonds. The van der Waals surface area contributed by atoms with E-state index >= 15 is 0 Å². The summed E-state index contributed by atoms with van der Waals surface area (Å²) in [4.78, 5) is 23.3. The SMILES string of the molecule is CC1=C2[C@@H](C)COC(=O)[C@@]2(C)C=CC1=O. The molecule has 1 heterocycles. The van der Waals surface area contributed by atoms with Gasteiger partial charge >= 0.3 is 5.97 Å². The Morgan fingerprint density at radius 1 is 1.47 bits per heavy atom. The molecule has 3 heteroatoms. The average molecular weight is 206 g/mol. The van der Waals surface area contributed by atoms with Gasteiger partial charge in [-0.15, -0.1) is 0 Å². The summed E-state index contributed by atoms with van der Waals surface area (Å²) in [5.41, 5.74) is 0.894. The number of ketones is 1. The molecule has 15 heavy (non-hydrogen) atoms. The Labute approximate surface area is 88.8 Å². The van der Waals surface area contributed by atoms with Gasteiger partial charge in [0.1, 0.15) is 5.41 Å². The molecule has 0 aromatic rings. The minimum absolute atomic E-state index is 0.00373. The highest BCUT2D eigenvalue weighted by Crippen LogP contribution is 2.43. The van der Waals surface area contributed by atoms with E-state index in [1.165, 1.54) is 6.08 Å². The monoisotopic (exact) mass is 206 g/mol. The van der Waals surface area contributed by atoms with E-state index in [1.54, 1.807) is 13.0 Å². The number of cyclic esters (lactones) is 1. The Hall–Kier alpha value is -1.38. The van der Waals surface area contributed by atoms with Gasteiger partial charge in [-0.3, -0.25) is 9.59 Å². The van der Waals surface area contributed by atoms with Crippen molar-refractivity contribution in [1.29, 1.82) is 0 Å². The largest absolute Gasteiger partial charge is 0.464 e. The van der Waals surface area contributed by atoms with E-state index < -0.39 is 5.41 Å². The molecule has 0 bridgehead atoms. The number of hydrogen-bond acceptors (Lipinski definition) is 3. The highest BCUT2D eigenvalue weighted by molar-refractivity contribution is 6.07. The molecule has 1 fully saturated rings. The summed E-state index contributed by atoms with van der Waals surface area (Å²) in [6.07, 6.45) is 3.13. The Balaban J connectivity index is 2.60. The third kappa shape index (κ3) is 1.26. The van der Waals surface area contributed by atoms with Crippen LogP contribution in [0.5, 0.6) is 0 Å². The number of fused-ring (bicyclic) bond motifs is 1. The molecule has 80 valence electrons. The van der Waals surface area contributed by atoms with Crippen molar-refractivity contribution in [2.24, 2.45) is 11.3 Å². The van der Waals surface area contributed by atoms with Crippen molar-refractivity contribution >= 4 is 11.8 Å². The molecule has 1 saturated heterocycles. The average Bonchev–Trinajstić information content (AvgIpc) is 2.19. The zero-order chi connectivity index (χ0) is 11.2. The first-order valence-corrected chi connectivity index (χ1v) is 5.09. The third-order valence-electron chi connectivity index (χ3n) is 3.28. The standard InChI is InChI=1S/C12H14O3/c1-7-6-15-11(14)12(3)5-4-9(13)8(2)10(7)12/h4-5,7H,6H2,1-3H3/t7-,12-/m0/s1. The number of rotatable bonds is 0. The van der Waals surface area contributed by atoms with Gasteiger partial charge in [-0.05, 0) is 31.1 Å². The zero-order valence-corrected chi connectivity index (χ0v) is 9.16. The molecule has 1 aliphatic heterocycles. The Kier molecular flexibility index (Phi) is 2.07. The minimum atomic E-state index is -0.727. The lowest BCUT2D eigenvalue weighted by molar-refractivity contribution is -0.155. The van der Waals surface area contributed by atoms with Crippen LogP contribution in [0, 0.1) is 11.3 Å². The molecular formula is C12H14O3. The van der Waals surface area contributed by atoms with Crippen LogP contribution in [0.3, 0.4) is 0 Å². The summed E-state index contributed by atoms with van der Waals surface area (Å²) in [7, 11) is 0. The molecule has 1 aliphatic carbocycles. The summed E-state index contributed by atoms with van der Waals surface area (Å²) in [6.45, 7) is 5.96. The van der Waals surface area contributed by atoms with Crippen molar-refractivity contribution in [3.05, 3.63) is 23.3 Å². The van der Waals surface area contributed by atoms with Gasteiger partial charge in [0.15, 0.2) is 5.78 Å². The summed E-state index contributed by atoms with van der Waals surface area (Å²) in [5.74, 6) is -0.121. The number of ether oxygens (including phenoxy) is 1. The second-order valence-corrected chi connectivity index (χ2v) is 4.44. The smallest absolute Gasteiger partial charge is 0.319 e. The quantitative estimate of drug-likeness (QED) is 0.566. The van der Waals surface area contributed by atoms with E-state index in [0.717, 1.165) is 5.57 Å². The van der Waals surface area contributed by atoms with Gasteiger partial charge in [0.2, 0.25) is 0 Å². The predicted octanol–water partition coefficient (Wildman–Crippen LogP) is 1.64. The number of allylic oxidation sites excluding steroid dienone is 2. The maximum absolute atomic E-state index is 11.7. The lowest BCUT2D eigenvalue weighted by Crippen LogP contribution is -2.42. The van der Waals surface area contributed by atoms with Crippen LogP contribution in [-0.2, 0) is 14.3 Å². The van der Waals surface area contributed by atoms with Crippen LogP contribution in [0.2, 0.25) is 0 Å². The molecule has 2 atom stereocenters. The molecule has 0 aromatic heterocycles. The van der Waals surface area contributed by atoms with Gasteiger partial charge in [-0.25, -0.2) is 0 Å². The molecule has 0 N–H and O–H groups in total. The van der Waals surface area contributed by atoms with Crippen molar-refractivity contribution in [3.8, 4) is 0 Å². The maximum Gasteiger partial charge on any atom is 0.319 e. The van der Waals surface area contributed by atoms with E-state index in [4.69, 9.17) is 4.74 Å². The van der Waals surface area contributed by atoms with Gasteiger partial charge in [-0.2, -0.15) is 0 Å². The van der Waals surface area contributed by atoms with Crippen molar-refractivity contribution < 1.29 is 14.3 Å². The highest BCUT2D eigenvalue weighted by atomic mass is 16.5. The van der Waals surface area contributed by atoms with E-state index in [2.05, 4.69) is 0 Å². The first-order valence-electron chi connectivity index (χ1n) is 5.09. The lowest BCUT2D eigenvalue weighted by Gasteiger charge is -2.38. The first kappa shape index (κ1) is 10.1. The summed E-state index contributed by atoms with van der Waals surface area (Å²) in [6, 6.07) is 0. The number of carbonyl (C=O) groups is 2. The fraction of sp³-hybridized carbons (Fsp3) is 0.500. The van der Waals surface area contributed by atoms with Crippen molar-refractivity contribution in [1.82, 2.24) is 0 Å². The number of carbonyl (C=O) groups excluding carboxylic acids is 2. The molecule has 0 spiro atoms. The molecule has 0 unspecified atom stereocenters. The molecule has 2 rings (SSSR count). The third-order valence-corrected chi connectivity index (χ3v) is 3.28. The number of esters is 1. The lowest BCUT2D eigenvalue weighted by atomic mass is 9.69. The summed E-state index contributed by atoms with van der Waals surface area (Å²) >= 11 is 0. The second-order valence-electron chi connectivity index (χ2n) is 4.44. The van der Waals surface area contributed by atoms with Gasteiger partial charge in [0.25, 0.3) is 0 Å². The Morgan fingerprint density at radius 2 is 2.13 bits per heavy atom. The maximum atomic E-state index is 11.7. The number of hydrogen-bond donors (Lipinski definition) is 0. The van der Waals surface area contributed by atoms with Crippen LogP contribution in [0.4, 0.5) is 0 Å². The van der Waals surface area contributed by atoms with Crippen LogP contribution in [0.15, 0.2) is 23.3 Å². The second kappa shape index (κ2) is 3.05. The fourth-order valence-electron chi connectivity index (χ4n) is 2.47. The van der Waals surface area contributed by atoms with E-state index in [1.807, 2.05) is 13.8 Å². The normalized spacial score (nSPS) is 35.3. The van der Waals surface area contributed by atoms with Gasteiger partial charge in [0.05, 0.1) is 6.61 Å². The molecule has 3 nitrogen and oxygen atoms in total. The first-order chi connectivity index (χ1) is 6.97. The summed E-state index contributed by atoms with van der Waals surface area (Å²) < 4.78 is 5.11. The van der Waals surface area contributed by atoms with Gasteiger partial charge in [-0.1, -0.05) is 13.0 Å².